The number of carboxylic acids is 1. The number of ether oxygens (including phenoxy) is 1. The average molecular weight is 318 g/mol. The molecule has 1 atom stereocenters. The first kappa shape index (κ1) is 16.3. The van der Waals surface area contributed by atoms with Crippen LogP contribution >= 0.6 is 0 Å². The van der Waals surface area contributed by atoms with Crippen LogP contribution in [0.4, 0.5) is 0 Å². The summed E-state index contributed by atoms with van der Waals surface area (Å²) < 4.78 is 6.06. The number of nitrogens with zero attached hydrogens (tertiary/aromatic N) is 2. The van der Waals surface area contributed by atoms with Gasteiger partial charge in [0.05, 0.1) is 6.10 Å². The van der Waals surface area contributed by atoms with E-state index in [0.29, 0.717) is 12.6 Å². The highest BCUT2D eigenvalue weighted by molar-refractivity contribution is 5.73. The second-order valence-corrected chi connectivity index (χ2v) is 6.74. The molecular weight excluding hydrogens is 292 g/mol. The summed E-state index contributed by atoms with van der Waals surface area (Å²) in [6.45, 7) is 3.03. The zero-order valence-electron chi connectivity index (χ0n) is 13.8. The molecule has 0 spiro atoms. The maximum absolute atomic E-state index is 11.3. The molecule has 5 nitrogen and oxygen atoms in total. The van der Waals surface area contributed by atoms with Gasteiger partial charge in [-0.3, -0.25) is 14.6 Å². The van der Waals surface area contributed by atoms with Crippen LogP contribution in [0.15, 0.2) is 24.3 Å². The van der Waals surface area contributed by atoms with Crippen LogP contribution in [0, 0.1) is 0 Å². The number of aliphatic carboxylic acids is 1. The van der Waals surface area contributed by atoms with Crippen molar-refractivity contribution in [1.82, 2.24) is 9.80 Å². The van der Waals surface area contributed by atoms with Crippen LogP contribution in [0.1, 0.15) is 31.2 Å². The highest BCUT2D eigenvalue weighted by Gasteiger charge is 2.29. The molecule has 23 heavy (non-hydrogen) atoms. The third-order valence-corrected chi connectivity index (χ3v) is 4.93. The Bertz CT molecular complexity index is 543. The monoisotopic (exact) mass is 318 g/mol. The van der Waals surface area contributed by atoms with E-state index >= 15 is 0 Å². The molecule has 1 aliphatic heterocycles. The van der Waals surface area contributed by atoms with Gasteiger partial charge in [0.25, 0.3) is 0 Å². The Labute approximate surface area is 137 Å². The molecule has 0 radical (unpaired) electrons. The fourth-order valence-corrected chi connectivity index (χ4v) is 3.51. The second-order valence-electron chi connectivity index (χ2n) is 6.74. The van der Waals surface area contributed by atoms with Crippen LogP contribution in [0.2, 0.25) is 0 Å². The minimum atomic E-state index is -0.740. The number of piperazine rings is 1. The van der Waals surface area contributed by atoms with Gasteiger partial charge >= 0.3 is 5.97 Å². The van der Waals surface area contributed by atoms with Crippen molar-refractivity contribution in [2.75, 3.05) is 26.7 Å². The number of carbonyl (C=O) groups is 1. The van der Waals surface area contributed by atoms with Crippen LogP contribution in [-0.2, 0) is 11.3 Å². The van der Waals surface area contributed by atoms with Crippen molar-refractivity contribution in [3.05, 3.63) is 29.8 Å². The minimum Gasteiger partial charge on any atom is -0.490 e. The molecule has 0 aromatic heterocycles. The van der Waals surface area contributed by atoms with E-state index in [-0.39, 0.29) is 0 Å². The van der Waals surface area contributed by atoms with Gasteiger partial charge in [0.2, 0.25) is 0 Å². The van der Waals surface area contributed by atoms with Crippen molar-refractivity contribution < 1.29 is 14.6 Å². The van der Waals surface area contributed by atoms with Crippen LogP contribution < -0.4 is 4.74 Å². The highest BCUT2D eigenvalue weighted by Crippen LogP contribution is 2.25. The molecule has 2 aliphatic rings. The summed E-state index contributed by atoms with van der Waals surface area (Å²) in [5.41, 5.74) is 1.19. The second kappa shape index (κ2) is 7.32. The Hall–Kier alpha value is -1.59. The number of hydrogen-bond donors (Lipinski definition) is 1. The lowest BCUT2D eigenvalue weighted by molar-refractivity contribution is -0.145. The van der Waals surface area contributed by atoms with Gasteiger partial charge in [-0.1, -0.05) is 12.1 Å². The number of benzene rings is 1. The third kappa shape index (κ3) is 4.24. The standard InChI is InChI=1S/C18H26N2O3/c1-19-9-10-20(13-17(19)18(21)22)12-14-5-4-8-16(11-14)23-15-6-2-3-7-15/h4-5,8,11,15,17H,2-3,6-7,9-10,12-13H2,1H3,(H,21,22). The average Bonchev–Trinajstić information content (AvgIpc) is 3.02. The van der Waals surface area contributed by atoms with Gasteiger partial charge in [-0.2, -0.15) is 0 Å². The fraction of sp³-hybridized carbons (Fsp3) is 0.611. The number of likely N-dealkylation sites (N-methyl/N-ethyl adjacent to an activating group) is 1. The van der Waals surface area contributed by atoms with Crippen molar-refractivity contribution >= 4 is 5.97 Å². The Morgan fingerprint density at radius 3 is 2.83 bits per heavy atom. The van der Waals surface area contributed by atoms with Gasteiger partial charge in [-0.15, -0.1) is 0 Å². The van der Waals surface area contributed by atoms with E-state index in [9.17, 15) is 9.90 Å². The summed E-state index contributed by atoms with van der Waals surface area (Å²) in [5.74, 6) is 0.203. The smallest absolute Gasteiger partial charge is 0.322 e. The largest absolute Gasteiger partial charge is 0.490 e. The van der Waals surface area contributed by atoms with Crippen molar-refractivity contribution in [2.24, 2.45) is 0 Å². The fourth-order valence-electron chi connectivity index (χ4n) is 3.51. The molecule has 1 aliphatic carbocycles. The van der Waals surface area contributed by atoms with E-state index in [4.69, 9.17) is 4.74 Å². The SMILES string of the molecule is CN1CCN(Cc2cccc(OC3CCCC3)c2)CC1C(=O)O. The summed E-state index contributed by atoms with van der Waals surface area (Å²) in [6.07, 6.45) is 5.21. The van der Waals surface area contributed by atoms with E-state index in [0.717, 1.165) is 38.2 Å². The van der Waals surface area contributed by atoms with Gasteiger partial charge in [0.1, 0.15) is 11.8 Å². The molecule has 0 amide bonds. The normalized spacial score (nSPS) is 24.0. The molecule has 1 saturated carbocycles. The van der Waals surface area contributed by atoms with Gasteiger partial charge in [0.15, 0.2) is 0 Å². The van der Waals surface area contributed by atoms with E-state index in [1.165, 1.54) is 18.4 Å². The van der Waals surface area contributed by atoms with E-state index in [1.54, 1.807) is 0 Å². The van der Waals surface area contributed by atoms with Crippen LogP contribution in [0.3, 0.4) is 0 Å². The van der Waals surface area contributed by atoms with Crippen LogP contribution in [0.5, 0.6) is 5.75 Å². The molecule has 1 N–H and O–H groups in total. The Balaban J connectivity index is 1.60. The molecule has 126 valence electrons. The zero-order chi connectivity index (χ0) is 16.2. The van der Waals surface area contributed by atoms with Gasteiger partial charge < -0.3 is 9.84 Å². The maximum Gasteiger partial charge on any atom is 0.322 e. The Morgan fingerprint density at radius 1 is 1.30 bits per heavy atom. The molecule has 1 saturated heterocycles. The van der Waals surface area contributed by atoms with Gasteiger partial charge in [-0.25, -0.2) is 0 Å². The Morgan fingerprint density at radius 2 is 2.09 bits per heavy atom. The topological polar surface area (TPSA) is 53.0 Å². The van der Waals surface area contributed by atoms with E-state index < -0.39 is 12.0 Å². The van der Waals surface area contributed by atoms with Crippen molar-refractivity contribution in [1.29, 1.82) is 0 Å². The first-order chi connectivity index (χ1) is 11.1. The number of carboxylic acid groups (broad SMARTS) is 1. The first-order valence-corrected chi connectivity index (χ1v) is 8.53. The molecule has 1 heterocycles. The van der Waals surface area contributed by atoms with Crippen LogP contribution in [-0.4, -0.2) is 59.7 Å². The lowest BCUT2D eigenvalue weighted by atomic mass is 10.1. The number of hydrogen-bond acceptors (Lipinski definition) is 4. The minimum absolute atomic E-state index is 0.366. The summed E-state index contributed by atoms with van der Waals surface area (Å²) >= 11 is 0. The predicted octanol–water partition coefficient (Wildman–Crippen LogP) is 2.21. The quantitative estimate of drug-likeness (QED) is 0.902. The molecule has 1 aromatic rings. The first-order valence-electron chi connectivity index (χ1n) is 8.53. The molecule has 3 rings (SSSR count). The van der Waals surface area contributed by atoms with Gasteiger partial charge in [-0.05, 0) is 50.4 Å². The highest BCUT2D eigenvalue weighted by atomic mass is 16.5. The number of rotatable bonds is 5. The Kier molecular flexibility index (Phi) is 5.18. The molecular formula is C18H26N2O3. The van der Waals surface area contributed by atoms with Gasteiger partial charge in [0, 0.05) is 26.2 Å². The van der Waals surface area contributed by atoms with Crippen LogP contribution in [0.25, 0.3) is 0 Å². The maximum atomic E-state index is 11.3. The summed E-state index contributed by atoms with van der Waals surface area (Å²) in [6, 6.07) is 7.83. The molecule has 2 fully saturated rings. The summed E-state index contributed by atoms with van der Waals surface area (Å²) in [7, 11) is 1.88. The lowest BCUT2D eigenvalue weighted by Crippen LogP contribution is -2.54. The van der Waals surface area contributed by atoms with E-state index in [1.807, 2.05) is 24.1 Å². The van der Waals surface area contributed by atoms with Crippen molar-refractivity contribution in [2.45, 2.75) is 44.4 Å². The summed E-state index contributed by atoms with van der Waals surface area (Å²) in [4.78, 5) is 15.5. The molecule has 0 bridgehead atoms. The molecule has 5 heteroatoms. The summed E-state index contributed by atoms with van der Waals surface area (Å²) in [5, 5.41) is 9.31. The van der Waals surface area contributed by atoms with E-state index in [2.05, 4.69) is 17.0 Å². The zero-order valence-corrected chi connectivity index (χ0v) is 13.8. The molecule has 1 aromatic carbocycles. The predicted molar refractivity (Wildman–Crippen MR) is 88.7 cm³/mol. The lowest BCUT2D eigenvalue weighted by Gasteiger charge is -2.37. The van der Waals surface area contributed by atoms with Crippen molar-refractivity contribution in [3.8, 4) is 5.75 Å². The third-order valence-electron chi connectivity index (χ3n) is 4.93. The molecule has 1 unspecified atom stereocenters. The van der Waals surface area contributed by atoms with Crippen molar-refractivity contribution in [3.63, 3.8) is 0 Å².